The second-order valence-electron chi connectivity index (χ2n) is 8.77. The Kier molecular flexibility index (Phi) is 4.01. The average molecular weight is 290 g/mol. The predicted octanol–water partition coefficient (Wildman–Crippen LogP) is 5.13. The van der Waals surface area contributed by atoms with E-state index in [9.17, 15) is 0 Å². The number of likely N-dealkylation sites (tertiary alicyclic amines) is 1. The van der Waals surface area contributed by atoms with Crippen LogP contribution in [0.25, 0.3) is 0 Å². The molecule has 1 saturated carbocycles. The first-order valence-electron chi connectivity index (χ1n) is 9.37. The highest BCUT2D eigenvalue weighted by molar-refractivity contribution is 5.41. The van der Waals surface area contributed by atoms with Crippen molar-refractivity contribution < 1.29 is 0 Å². The van der Waals surface area contributed by atoms with E-state index in [4.69, 9.17) is 0 Å². The van der Waals surface area contributed by atoms with E-state index < -0.39 is 0 Å². The summed E-state index contributed by atoms with van der Waals surface area (Å²) in [5.41, 5.74) is 4.37. The molecule has 1 heteroatoms. The molecule has 0 bridgehead atoms. The van der Waals surface area contributed by atoms with Gasteiger partial charge >= 0.3 is 0 Å². The summed E-state index contributed by atoms with van der Waals surface area (Å²) < 4.78 is 0. The Morgan fingerprint density at radius 3 is 2.24 bits per heavy atom. The average Bonchev–Trinajstić information content (AvgIpc) is 3.13. The molecule has 1 nitrogen and oxygen atoms in total. The van der Waals surface area contributed by atoms with Gasteiger partial charge in [0.1, 0.15) is 0 Å². The lowest BCUT2D eigenvalue weighted by atomic mass is 9.68. The van der Waals surface area contributed by atoms with Gasteiger partial charge in [-0.25, -0.2) is 0 Å². The van der Waals surface area contributed by atoms with Crippen LogP contribution in [0.2, 0.25) is 0 Å². The summed E-state index contributed by atoms with van der Waals surface area (Å²) in [7, 11) is 0. The lowest BCUT2D eigenvalue weighted by molar-refractivity contribution is 0.205. The van der Waals surface area contributed by atoms with Crippen molar-refractivity contribution >= 4 is 0 Å². The minimum Gasteiger partial charge on any atom is -0.301 e. The molecule has 0 radical (unpaired) electrons. The molecular formula is C20H35N. The zero-order valence-electron chi connectivity index (χ0n) is 15.1. The first-order chi connectivity index (χ1) is 9.88. The van der Waals surface area contributed by atoms with Crippen LogP contribution < -0.4 is 0 Å². The highest BCUT2D eigenvalue weighted by atomic mass is 15.1. The fourth-order valence-corrected chi connectivity index (χ4v) is 5.82. The van der Waals surface area contributed by atoms with Crippen LogP contribution in [-0.4, -0.2) is 24.0 Å². The molecule has 0 aromatic heterocycles. The van der Waals surface area contributed by atoms with Gasteiger partial charge in [0.25, 0.3) is 0 Å². The van der Waals surface area contributed by atoms with Gasteiger partial charge in [-0.1, -0.05) is 38.8 Å². The zero-order valence-corrected chi connectivity index (χ0v) is 15.1. The summed E-state index contributed by atoms with van der Waals surface area (Å²) in [5, 5.41) is 0. The van der Waals surface area contributed by atoms with Crippen LogP contribution in [0.4, 0.5) is 0 Å². The number of fused-ring (bicyclic) bond motifs is 2. The van der Waals surface area contributed by atoms with E-state index in [-0.39, 0.29) is 0 Å². The Labute approximate surface area is 132 Å². The van der Waals surface area contributed by atoms with Crippen LogP contribution in [0.3, 0.4) is 0 Å². The second kappa shape index (κ2) is 5.41. The topological polar surface area (TPSA) is 3.24 Å². The predicted molar refractivity (Wildman–Crippen MR) is 91.3 cm³/mol. The Bertz CT molecular complexity index is 431. The molecule has 0 aromatic rings. The molecule has 2 fully saturated rings. The van der Waals surface area contributed by atoms with Crippen LogP contribution >= 0.6 is 0 Å². The van der Waals surface area contributed by atoms with Crippen molar-refractivity contribution in [1.82, 2.24) is 4.90 Å². The van der Waals surface area contributed by atoms with Crippen molar-refractivity contribution in [2.45, 2.75) is 73.3 Å². The van der Waals surface area contributed by atoms with E-state index >= 15 is 0 Å². The minimum absolute atomic E-state index is 0.585. The number of nitrogens with zero attached hydrogens (tertiary/aromatic N) is 1. The lowest BCUT2D eigenvalue weighted by Crippen LogP contribution is -2.33. The molecule has 3 unspecified atom stereocenters. The first kappa shape index (κ1) is 15.6. The Hall–Kier alpha value is -0.300. The van der Waals surface area contributed by atoms with Crippen molar-refractivity contribution in [2.24, 2.45) is 29.1 Å². The standard InChI is InChI=1S/C20H35N/c1-13(2)18-16-12-17(16)20(19(18)14(3)4)8-7-10-21(11-9-20)15(5)6/h13-17H,7-12H2,1-6H3. The monoisotopic (exact) mass is 289 g/mol. The largest absolute Gasteiger partial charge is 0.301 e. The van der Waals surface area contributed by atoms with E-state index in [2.05, 4.69) is 46.4 Å². The van der Waals surface area contributed by atoms with E-state index in [1.807, 2.05) is 11.1 Å². The van der Waals surface area contributed by atoms with Crippen LogP contribution in [0.5, 0.6) is 0 Å². The summed E-state index contributed by atoms with van der Waals surface area (Å²) in [4.78, 5) is 2.72. The number of rotatable bonds is 3. The minimum atomic E-state index is 0.585. The third kappa shape index (κ3) is 2.40. The maximum atomic E-state index is 2.72. The quantitative estimate of drug-likeness (QED) is 0.651. The van der Waals surface area contributed by atoms with E-state index in [0.29, 0.717) is 11.5 Å². The van der Waals surface area contributed by atoms with Crippen molar-refractivity contribution in [3.8, 4) is 0 Å². The normalized spacial score (nSPS) is 37.0. The third-order valence-electron chi connectivity index (χ3n) is 6.59. The third-order valence-corrected chi connectivity index (χ3v) is 6.59. The van der Waals surface area contributed by atoms with Gasteiger partial charge in [-0.3, -0.25) is 0 Å². The summed E-state index contributed by atoms with van der Waals surface area (Å²) in [6, 6.07) is 0.715. The van der Waals surface area contributed by atoms with Crippen LogP contribution in [0.1, 0.15) is 67.2 Å². The SMILES string of the molecule is CC(C)C1=C(C(C)C)C2(CCCN(C(C)C)CC2)C2CC12. The van der Waals surface area contributed by atoms with Crippen molar-refractivity contribution in [2.75, 3.05) is 13.1 Å². The molecule has 1 aliphatic heterocycles. The highest BCUT2D eigenvalue weighted by Gasteiger charge is 2.62. The van der Waals surface area contributed by atoms with Crippen LogP contribution in [0.15, 0.2) is 11.1 Å². The molecule has 0 N–H and O–H groups in total. The fraction of sp³-hybridized carbons (Fsp3) is 0.900. The fourth-order valence-electron chi connectivity index (χ4n) is 5.82. The summed E-state index contributed by atoms with van der Waals surface area (Å²) in [6.45, 7) is 17.1. The van der Waals surface area contributed by atoms with Crippen molar-refractivity contribution in [3.05, 3.63) is 11.1 Å². The zero-order chi connectivity index (χ0) is 15.4. The van der Waals surface area contributed by atoms with Gasteiger partial charge in [0.15, 0.2) is 0 Å². The molecule has 1 saturated heterocycles. The Morgan fingerprint density at radius 1 is 0.952 bits per heavy atom. The van der Waals surface area contributed by atoms with Gasteiger partial charge in [-0.05, 0) is 81.7 Å². The first-order valence-corrected chi connectivity index (χ1v) is 9.37. The maximum absolute atomic E-state index is 2.72. The molecule has 1 heterocycles. The van der Waals surface area contributed by atoms with Crippen LogP contribution in [0, 0.1) is 29.1 Å². The molecule has 1 spiro atoms. The van der Waals surface area contributed by atoms with Gasteiger partial charge in [-0.2, -0.15) is 0 Å². The van der Waals surface area contributed by atoms with Gasteiger partial charge in [0.05, 0.1) is 0 Å². The van der Waals surface area contributed by atoms with Crippen molar-refractivity contribution in [3.63, 3.8) is 0 Å². The second-order valence-corrected chi connectivity index (χ2v) is 8.77. The molecular weight excluding hydrogens is 254 g/mol. The van der Waals surface area contributed by atoms with Gasteiger partial charge in [0, 0.05) is 6.04 Å². The van der Waals surface area contributed by atoms with Crippen LogP contribution in [-0.2, 0) is 0 Å². The summed E-state index contributed by atoms with van der Waals surface area (Å²) >= 11 is 0. The number of allylic oxidation sites excluding steroid dienone is 2. The Morgan fingerprint density at radius 2 is 1.67 bits per heavy atom. The molecule has 120 valence electrons. The molecule has 0 aromatic carbocycles. The summed E-state index contributed by atoms with van der Waals surface area (Å²) in [5.74, 6) is 3.49. The van der Waals surface area contributed by atoms with Gasteiger partial charge in [-0.15, -0.1) is 0 Å². The van der Waals surface area contributed by atoms with Gasteiger partial charge < -0.3 is 4.90 Å². The van der Waals surface area contributed by atoms with Gasteiger partial charge in [0.2, 0.25) is 0 Å². The molecule has 2 aliphatic carbocycles. The smallest absolute Gasteiger partial charge is 0.00385 e. The number of hydrogen-bond acceptors (Lipinski definition) is 1. The highest BCUT2D eigenvalue weighted by Crippen LogP contribution is 2.70. The molecule has 21 heavy (non-hydrogen) atoms. The van der Waals surface area contributed by atoms with Crippen molar-refractivity contribution in [1.29, 1.82) is 0 Å². The van der Waals surface area contributed by atoms with E-state index in [1.54, 1.807) is 0 Å². The molecule has 3 atom stereocenters. The Balaban J connectivity index is 1.93. The molecule has 0 amide bonds. The summed E-state index contributed by atoms with van der Waals surface area (Å²) in [6.07, 6.45) is 5.80. The van der Waals surface area contributed by atoms with E-state index in [0.717, 1.165) is 23.7 Å². The van der Waals surface area contributed by atoms with E-state index in [1.165, 1.54) is 38.8 Å². The number of hydrogen-bond donors (Lipinski definition) is 0. The molecule has 3 rings (SSSR count). The lowest BCUT2D eigenvalue weighted by Gasteiger charge is -2.37. The maximum Gasteiger partial charge on any atom is 0.00385 e. The molecule has 3 aliphatic rings.